The standard InChI is InChI=1S/C17H22N2O5.BrH/c1-6-24-16(20)15(19-21)14-11-8-13(23-5)12(22-4)7-10(11)9-17(2,3)18-14;/h7-8,21H,6,9H2,1-5H3;1H/b19-15+;. The molecule has 8 heteroatoms. The van der Waals surface area contributed by atoms with Crippen LogP contribution in [0.4, 0.5) is 0 Å². The summed E-state index contributed by atoms with van der Waals surface area (Å²) in [5.74, 6) is 0.369. The molecule has 25 heavy (non-hydrogen) atoms. The molecule has 0 amide bonds. The quantitative estimate of drug-likeness (QED) is 0.346. The van der Waals surface area contributed by atoms with E-state index < -0.39 is 11.5 Å². The van der Waals surface area contributed by atoms with E-state index in [1.807, 2.05) is 19.9 Å². The fourth-order valence-corrected chi connectivity index (χ4v) is 2.72. The number of hydrogen-bond donors (Lipinski definition) is 1. The summed E-state index contributed by atoms with van der Waals surface area (Å²) in [5, 5.41) is 12.5. The third-order valence-electron chi connectivity index (χ3n) is 3.70. The molecule has 1 N–H and O–H groups in total. The molecular formula is C17H23BrN2O5. The number of carbonyl (C=O) groups is 1. The molecule has 0 spiro atoms. The molecular weight excluding hydrogens is 392 g/mol. The maximum Gasteiger partial charge on any atom is 0.362 e. The van der Waals surface area contributed by atoms with E-state index in [0.717, 1.165) is 5.56 Å². The van der Waals surface area contributed by atoms with Gasteiger partial charge in [-0.3, -0.25) is 4.99 Å². The number of benzene rings is 1. The topological polar surface area (TPSA) is 89.7 Å². The second-order valence-electron chi connectivity index (χ2n) is 5.98. The normalized spacial score (nSPS) is 15.4. The molecule has 138 valence electrons. The van der Waals surface area contributed by atoms with Gasteiger partial charge < -0.3 is 19.4 Å². The highest BCUT2D eigenvalue weighted by molar-refractivity contribution is 8.93. The number of nitrogens with zero attached hydrogens (tertiary/aromatic N) is 2. The van der Waals surface area contributed by atoms with Gasteiger partial charge in [0.05, 0.1) is 26.4 Å². The summed E-state index contributed by atoms with van der Waals surface area (Å²) < 4.78 is 15.6. The largest absolute Gasteiger partial charge is 0.493 e. The highest BCUT2D eigenvalue weighted by Crippen LogP contribution is 2.36. The Morgan fingerprint density at radius 3 is 2.40 bits per heavy atom. The van der Waals surface area contributed by atoms with Gasteiger partial charge in [0, 0.05) is 5.56 Å². The molecule has 0 aromatic heterocycles. The maximum absolute atomic E-state index is 12.1. The van der Waals surface area contributed by atoms with Crippen LogP contribution in [0, 0.1) is 0 Å². The number of oxime groups is 1. The van der Waals surface area contributed by atoms with Crippen molar-refractivity contribution in [2.75, 3.05) is 20.8 Å². The van der Waals surface area contributed by atoms with Gasteiger partial charge in [0.1, 0.15) is 5.71 Å². The van der Waals surface area contributed by atoms with E-state index in [9.17, 15) is 10.0 Å². The van der Waals surface area contributed by atoms with Crippen molar-refractivity contribution < 1.29 is 24.2 Å². The minimum absolute atomic E-state index is 0. The Kier molecular flexibility index (Phi) is 6.98. The minimum Gasteiger partial charge on any atom is -0.493 e. The Hall–Kier alpha value is -2.09. The lowest BCUT2D eigenvalue weighted by Crippen LogP contribution is -2.36. The average Bonchev–Trinajstić information content (AvgIpc) is 2.53. The first kappa shape index (κ1) is 21.0. The number of fused-ring (bicyclic) bond motifs is 1. The molecule has 0 saturated heterocycles. The Morgan fingerprint density at radius 2 is 1.88 bits per heavy atom. The average molecular weight is 415 g/mol. The van der Waals surface area contributed by atoms with Crippen LogP contribution in [-0.4, -0.2) is 49.0 Å². The summed E-state index contributed by atoms with van der Waals surface area (Å²) >= 11 is 0. The lowest BCUT2D eigenvalue weighted by Gasteiger charge is -2.29. The van der Waals surface area contributed by atoms with Crippen molar-refractivity contribution in [3.05, 3.63) is 23.3 Å². The van der Waals surface area contributed by atoms with E-state index in [4.69, 9.17) is 14.2 Å². The van der Waals surface area contributed by atoms with Crippen LogP contribution in [0.15, 0.2) is 22.3 Å². The third kappa shape index (κ3) is 4.31. The van der Waals surface area contributed by atoms with Crippen molar-refractivity contribution in [1.82, 2.24) is 0 Å². The van der Waals surface area contributed by atoms with Crippen LogP contribution in [0.2, 0.25) is 0 Å². The molecule has 0 bridgehead atoms. The number of esters is 1. The zero-order chi connectivity index (χ0) is 17.9. The van der Waals surface area contributed by atoms with Gasteiger partial charge in [0.25, 0.3) is 0 Å². The molecule has 0 aliphatic carbocycles. The first-order valence-corrected chi connectivity index (χ1v) is 7.61. The van der Waals surface area contributed by atoms with Gasteiger partial charge in [-0.05, 0) is 44.9 Å². The molecule has 7 nitrogen and oxygen atoms in total. The van der Waals surface area contributed by atoms with Gasteiger partial charge in [-0.2, -0.15) is 0 Å². The summed E-state index contributed by atoms with van der Waals surface area (Å²) in [6.07, 6.45) is 0.647. The lowest BCUT2D eigenvalue weighted by molar-refractivity contribution is -0.134. The van der Waals surface area contributed by atoms with Gasteiger partial charge in [-0.1, -0.05) is 5.16 Å². The van der Waals surface area contributed by atoms with Gasteiger partial charge in [0.2, 0.25) is 5.71 Å². The molecule has 1 aromatic rings. The van der Waals surface area contributed by atoms with E-state index in [2.05, 4.69) is 10.1 Å². The van der Waals surface area contributed by atoms with E-state index in [0.29, 0.717) is 23.5 Å². The molecule has 1 aromatic carbocycles. The predicted molar refractivity (Wildman–Crippen MR) is 100 cm³/mol. The first-order valence-electron chi connectivity index (χ1n) is 7.61. The van der Waals surface area contributed by atoms with Crippen molar-refractivity contribution >= 4 is 34.4 Å². The number of carbonyl (C=O) groups excluding carboxylic acids is 1. The Morgan fingerprint density at radius 1 is 1.28 bits per heavy atom. The van der Waals surface area contributed by atoms with Crippen LogP contribution in [0.5, 0.6) is 11.5 Å². The van der Waals surface area contributed by atoms with E-state index in [1.165, 1.54) is 7.11 Å². The van der Waals surface area contributed by atoms with Crippen molar-refractivity contribution in [2.24, 2.45) is 10.1 Å². The molecule has 0 radical (unpaired) electrons. The minimum atomic E-state index is -0.725. The van der Waals surface area contributed by atoms with Crippen molar-refractivity contribution in [2.45, 2.75) is 32.7 Å². The monoisotopic (exact) mass is 414 g/mol. The van der Waals surface area contributed by atoms with Crippen molar-refractivity contribution in [1.29, 1.82) is 0 Å². The van der Waals surface area contributed by atoms with Crippen molar-refractivity contribution in [3.8, 4) is 11.5 Å². The molecule has 1 aliphatic rings. The Labute approximate surface area is 157 Å². The fourth-order valence-electron chi connectivity index (χ4n) is 2.72. The maximum atomic E-state index is 12.1. The smallest absolute Gasteiger partial charge is 0.362 e. The van der Waals surface area contributed by atoms with Crippen LogP contribution in [0.3, 0.4) is 0 Å². The van der Waals surface area contributed by atoms with Crippen LogP contribution in [0.25, 0.3) is 0 Å². The van der Waals surface area contributed by atoms with Gasteiger partial charge in [0.15, 0.2) is 11.5 Å². The number of ether oxygens (including phenoxy) is 3. The summed E-state index contributed by atoms with van der Waals surface area (Å²) in [4.78, 5) is 16.7. The van der Waals surface area contributed by atoms with Crippen molar-refractivity contribution in [3.63, 3.8) is 0 Å². The zero-order valence-electron chi connectivity index (χ0n) is 15.0. The highest BCUT2D eigenvalue weighted by atomic mass is 79.9. The lowest BCUT2D eigenvalue weighted by atomic mass is 9.85. The molecule has 0 atom stereocenters. The second kappa shape index (κ2) is 8.33. The Balaban J connectivity index is 0.00000312. The summed E-state index contributed by atoms with van der Waals surface area (Å²) in [7, 11) is 3.09. The third-order valence-corrected chi connectivity index (χ3v) is 3.70. The van der Waals surface area contributed by atoms with Crippen LogP contribution >= 0.6 is 17.0 Å². The molecule has 2 rings (SSSR count). The van der Waals surface area contributed by atoms with Crippen LogP contribution < -0.4 is 9.47 Å². The molecule has 0 saturated carbocycles. The van der Waals surface area contributed by atoms with Crippen LogP contribution in [-0.2, 0) is 16.0 Å². The molecule has 1 heterocycles. The van der Waals surface area contributed by atoms with Gasteiger partial charge in [-0.15, -0.1) is 17.0 Å². The zero-order valence-corrected chi connectivity index (χ0v) is 16.7. The first-order chi connectivity index (χ1) is 11.4. The molecule has 1 aliphatic heterocycles. The van der Waals surface area contributed by atoms with E-state index >= 15 is 0 Å². The number of hydrogen-bond acceptors (Lipinski definition) is 7. The number of aliphatic imine (C=N–C) groups is 1. The van der Waals surface area contributed by atoms with Gasteiger partial charge >= 0.3 is 5.97 Å². The second-order valence-corrected chi connectivity index (χ2v) is 5.98. The summed E-state index contributed by atoms with van der Waals surface area (Å²) in [6.45, 7) is 5.73. The number of halogens is 1. The molecule has 0 unspecified atom stereocenters. The van der Waals surface area contributed by atoms with Gasteiger partial charge in [-0.25, -0.2) is 4.79 Å². The van der Waals surface area contributed by atoms with E-state index in [1.54, 1.807) is 20.1 Å². The summed E-state index contributed by atoms with van der Waals surface area (Å²) in [5.41, 5.74) is 1.17. The molecule has 0 fully saturated rings. The van der Waals surface area contributed by atoms with E-state index in [-0.39, 0.29) is 35.0 Å². The number of methoxy groups -OCH3 is 2. The highest BCUT2D eigenvalue weighted by Gasteiger charge is 2.33. The fraction of sp³-hybridized carbons (Fsp3) is 0.471. The Bertz CT molecular complexity index is 713. The SMILES string of the molecule is Br.CCOC(=O)/C(=N/O)C1=NC(C)(C)Cc2cc(OC)c(OC)cc21. The summed E-state index contributed by atoms with van der Waals surface area (Å²) in [6, 6.07) is 3.58. The predicted octanol–water partition coefficient (Wildman–Crippen LogP) is 2.80. The van der Waals surface area contributed by atoms with Crippen LogP contribution in [0.1, 0.15) is 31.9 Å². The number of rotatable bonds is 5.